The Balaban J connectivity index is 1.51. The zero-order valence-electron chi connectivity index (χ0n) is 16.1. The number of nitriles is 1. The van der Waals surface area contributed by atoms with Crippen molar-refractivity contribution in [3.05, 3.63) is 89.5 Å². The van der Waals surface area contributed by atoms with Gasteiger partial charge in [0.05, 0.1) is 11.6 Å². The number of amides is 2. The third kappa shape index (κ3) is 4.01. The lowest BCUT2D eigenvalue weighted by atomic mass is 9.98. The van der Waals surface area contributed by atoms with Gasteiger partial charge in [-0.2, -0.15) is 5.26 Å². The van der Waals surface area contributed by atoms with Crippen molar-refractivity contribution in [3.63, 3.8) is 0 Å². The van der Waals surface area contributed by atoms with Crippen LogP contribution in [0.1, 0.15) is 33.8 Å². The normalized spacial score (nSPS) is 15.6. The molecule has 148 valence electrons. The number of anilines is 1. The summed E-state index contributed by atoms with van der Waals surface area (Å²) in [6, 6.07) is 23.4. The number of nitrogens with zero attached hydrogens (tertiary/aromatic N) is 2. The van der Waals surface area contributed by atoms with Crippen LogP contribution in [-0.2, 0) is 4.79 Å². The number of hydrogen-bond acceptors (Lipinski definition) is 4. The molecule has 1 saturated heterocycles. The van der Waals surface area contributed by atoms with Crippen LogP contribution in [0.15, 0.2) is 72.8 Å². The van der Waals surface area contributed by atoms with Crippen LogP contribution in [0.2, 0.25) is 0 Å². The summed E-state index contributed by atoms with van der Waals surface area (Å²) >= 11 is 0. The second kappa shape index (κ2) is 8.10. The van der Waals surface area contributed by atoms with Crippen LogP contribution < -0.4 is 15.4 Å². The number of benzene rings is 3. The van der Waals surface area contributed by atoms with Crippen molar-refractivity contribution in [1.82, 2.24) is 0 Å². The van der Waals surface area contributed by atoms with Crippen LogP contribution in [0, 0.1) is 11.3 Å². The molecule has 4 rings (SSSR count). The van der Waals surface area contributed by atoms with E-state index in [1.165, 1.54) is 0 Å². The van der Waals surface area contributed by atoms with Gasteiger partial charge in [-0.05, 0) is 60.2 Å². The van der Waals surface area contributed by atoms with Gasteiger partial charge in [-0.1, -0.05) is 18.2 Å². The third-order valence-corrected chi connectivity index (χ3v) is 5.12. The molecule has 3 aromatic carbocycles. The van der Waals surface area contributed by atoms with Gasteiger partial charge in [-0.15, -0.1) is 0 Å². The minimum Gasteiger partial charge on any atom is -0.457 e. The molecule has 1 heterocycles. The van der Waals surface area contributed by atoms with Crippen molar-refractivity contribution in [2.24, 2.45) is 5.73 Å². The Morgan fingerprint density at radius 3 is 2.53 bits per heavy atom. The predicted octanol–water partition coefficient (Wildman–Crippen LogP) is 3.97. The van der Waals surface area contributed by atoms with Crippen molar-refractivity contribution in [2.45, 2.75) is 12.3 Å². The standard InChI is InChI=1S/C24H19N3O3/c25-14-16-7-9-21(10-8-16)30-22-6-2-3-17(12-22)19-13-23(28)27(15-19)20-5-1-4-18(11-20)24(26)29/h1-12,19H,13,15H2,(H2,26,29). The maximum atomic E-state index is 12.6. The van der Waals surface area contributed by atoms with E-state index in [4.69, 9.17) is 15.7 Å². The summed E-state index contributed by atoms with van der Waals surface area (Å²) in [5.74, 6) is 0.796. The molecular weight excluding hydrogens is 378 g/mol. The van der Waals surface area contributed by atoms with Gasteiger partial charge < -0.3 is 15.4 Å². The molecular formula is C24H19N3O3. The Morgan fingerprint density at radius 2 is 1.80 bits per heavy atom. The van der Waals surface area contributed by atoms with Crippen LogP contribution in [0.5, 0.6) is 11.5 Å². The Kier molecular flexibility index (Phi) is 5.19. The lowest BCUT2D eigenvalue weighted by Crippen LogP contribution is -2.24. The van der Waals surface area contributed by atoms with Gasteiger partial charge in [0.15, 0.2) is 0 Å². The molecule has 1 fully saturated rings. The lowest BCUT2D eigenvalue weighted by Gasteiger charge is -2.18. The largest absolute Gasteiger partial charge is 0.457 e. The van der Waals surface area contributed by atoms with E-state index in [-0.39, 0.29) is 11.8 Å². The highest BCUT2D eigenvalue weighted by Gasteiger charge is 2.32. The van der Waals surface area contributed by atoms with Crippen LogP contribution in [0.25, 0.3) is 0 Å². The third-order valence-electron chi connectivity index (χ3n) is 5.12. The van der Waals surface area contributed by atoms with E-state index in [1.54, 1.807) is 53.4 Å². The molecule has 3 aromatic rings. The number of nitrogens with two attached hydrogens (primary N) is 1. The molecule has 1 aliphatic heterocycles. The quantitative estimate of drug-likeness (QED) is 0.704. The molecule has 0 aromatic heterocycles. The van der Waals surface area contributed by atoms with Crippen LogP contribution in [-0.4, -0.2) is 18.4 Å². The number of hydrogen-bond donors (Lipinski definition) is 1. The first-order valence-corrected chi connectivity index (χ1v) is 9.52. The molecule has 0 bridgehead atoms. The van der Waals surface area contributed by atoms with Crippen molar-refractivity contribution < 1.29 is 14.3 Å². The Hall–Kier alpha value is -4.11. The molecule has 0 spiro atoms. The summed E-state index contributed by atoms with van der Waals surface area (Å²) < 4.78 is 5.90. The summed E-state index contributed by atoms with van der Waals surface area (Å²) in [5, 5.41) is 8.90. The van der Waals surface area contributed by atoms with E-state index in [0.717, 1.165) is 5.56 Å². The number of primary amides is 1. The molecule has 0 aliphatic carbocycles. The van der Waals surface area contributed by atoms with Gasteiger partial charge in [-0.25, -0.2) is 0 Å². The lowest BCUT2D eigenvalue weighted by molar-refractivity contribution is -0.117. The SMILES string of the molecule is N#Cc1ccc(Oc2cccc(C3CC(=O)N(c4cccc(C(N)=O)c4)C3)c2)cc1. The van der Waals surface area contributed by atoms with Crippen LogP contribution in [0.3, 0.4) is 0 Å². The molecule has 1 atom stereocenters. The summed E-state index contributed by atoms with van der Waals surface area (Å²) in [6.07, 6.45) is 0.376. The monoisotopic (exact) mass is 397 g/mol. The highest BCUT2D eigenvalue weighted by atomic mass is 16.5. The summed E-state index contributed by atoms with van der Waals surface area (Å²) in [7, 11) is 0. The van der Waals surface area contributed by atoms with Gasteiger partial charge in [0.1, 0.15) is 11.5 Å². The molecule has 30 heavy (non-hydrogen) atoms. The molecule has 2 N–H and O–H groups in total. The topological polar surface area (TPSA) is 96.4 Å². The smallest absolute Gasteiger partial charge is 0.248 e. The first kappa shape index (κ1) is 19.2. The van der Waals surface area contributed by atoms with Crippen molar-refractivity contribution in [3.8, 4) is 17.6 Å². The van der Waals surface area contributed by atoms with Crippen molar-refractivity contribution >= 4 is 17.5 Å². The Bertz CT molecular complexity index is 1150. The van der Waals surface area contributed by atoms with E-state index in [0.29, 0.717) is 41.3 Å². The minimum absolute atomic E-state index is 0.0000316. The fourth-order valence-electron chi connectivity index (χ4n) is 3.57. The second-order valence-electron chi connectivity index (χ2n) is 7.13. The highest BCUT2D eigenvalue weighted by Crippen LogP contribution is 2.34. The zero-order valence-corrected chi connectivity index (χ0v) is 16.1. The van der Waals surface area contributed by atoms with E-state index in [1.807, 2.05) is 24.3 Å². The first-order chi connectivity index (χ1) is 14.5. The average Bonchev–Trinajstić information content (AvgIpc) is 3.16. The van der Waals surface area contributed by atoms with Crippen LogP contribution in [0.4, 0.5) is 5.69 Å². The van der Waals surface area contributed by atoms with Gasteiger partial charge in [0.2, 0.25) is 11.8 Å². The number of carbonyl (C=O) groups excluding carboxylic acids is 2. The molecule has 6 nitrogen and oxygen atoms in total. The summed E-state index contributed by atoms with van der Waals surface area (Å²) in [6.45, 7) is 0.515. The summed E-state index contributed by atoms with van der Waals surface area (Å²) in [5.41, 5.74) is 7.98. The number of ether oxygens (including phenoxy) is 1. The minimum atomic E-state index is -0.521. The zero-order chi connectivity index (χ0) is 21.1. The Morgan fingerprint density at radius 1 is 1.03 bits per heavy atom. The molecule has 6 heteroatoms. The molecule has 2 amide bonds. The van der Waals surface area contributed by atoms with E-state index in [9.17, 15) is 9.59 Å². The summed E-state index contributed by atoms with van der Waals surface area (Å²) in [4.78, 5) is 25.8. The fourth-order valence-corrected chi connectivity index (χ4v) is 3.57. The van der Waals surface area contributed by atoms with Crippen molar-refractivity contribution in [1.29, 1.82) is 5.26 Å². The second-order valence-corrected chi connectivity index (χ2v) is 7.13. The molecule has 1 unspecified atom stereocenters. The van der Waals surface area contributed by atoms with E-state index < -0.39 is 5.91 Å². The predicted molar refractivity (Wildman–Crippen MR) is 112 cm³/mol. The van der Waals surface area contributed by atoms with Gasteiger partial charge in [0, 0.05) is 30.1 Å². The maximum Gasteiger partial charge on any atom is 0.248 e. The van der Waals surface area contributed by atoms with Gasteiger partial charge in [-0.3, -0.25) is 9.59 Å². The molecule has 0 saturated carbocycles. The van der Waals surface area contributed by atoms with Crippen LogP contribution >= 0.6 is 0 Å². The fraction of sp³-hybridized carbons (Fsp3) is 0.125. The van der Waals surface area contributed by atoms with Gasteiger partial charge in [0.25, 0.3) is 0 Å². The number of rotatable bonds is 5. The average molecular weight is 397 g/mol. The van der Waals surface area contributed by atoms with Crippen molar-refractivity contribution in [2.75, 3.05) is 11.4 Å². The maximum absolute atomic E-state index is 12.6. The van der Waals surface area contributed by atoms with Gasteiger partial charge >= 0.3 is 0 Å². The number of carbonyl (C=O) groups is 2. The first-order valence-electron chi connectivity index (χ1n) is 9.52. The Labute approximate surface area is 174 Å². The molecule has 1 aliphatic rings. The highest BCUT2D eigenvalue weighted by molar-refractivity contribution is 5.99. The van der Waals surface area contributed by atoms with E-state index in [2.05, 4.69) is 6.07 Å². The molecule has 0 radical (unpaired) electrons. The van der Waals surface area contributed by atoms with E-state index >= 15 is 0 Å².